The smallest absolute Gasteiger partial charge is 0.101 e. The lowest BCUT2D eigenvalue weighted by atomic mass is 9.97. The van der Waals surface area contributed by atoms with Crippen LogP contribution in [0.5, 0.6) is 0 Å². The molecular weight excluding hydrogens is 585 g/mol. The Labute approximate surface area is 277 Å². The van der Waals surface area contributed by atoms with E-state index >= 15 is 0 Å². The molecular formula is C44H26N4. The molecule has 2 heterocycles. The van der Waals surface area contributed by atoms with Gasteiger partial charge in [0.2, 0.25) is 0 Å². The van der Waals surface area contributed by atoms with Crippen LogP contribution in [0.2, 0.25) is 0 Å². The van der Waals surface area contributed by atoms with Gasteiger partial charge in [-0.3, -0.25) is 0 Å². The van der Waals surface area contributed by atoms with Crippen molar-refractivity contribution >= 4 is 43.6 Å². The zero-order valence-electron chi connectivity index (χ0n) is 25.8. The van der Waals surface area contributed by atoms with Crippen LogP contribution in [0.15, 0.2) is 158 Å². The first-order valence-electron chi connectivity index (χ1n) is 15.9. The van der Waals surface area contributed by atoms with Gasteiger partial charge < -0.3 is 9.13 Å². The van der Waals surface area contributed by atoms with E-state index in [2.05, 4.69) is 124 Å². The van der Waals surface area contributed by atoms with E-state index in [0.717, 1.165) is 55.4 Å². The normalized spacial score (nSPS) is 11.3. The zero-order valence-corrected chi connectivity index (χ0v) is 25.8. The lowest BCUT2D eigenvalue weighted by molar-refractivity contribution is 1.17. The molecule has 0 aliphatic heterocycles. The Bertz CT molecular complexity index is 2750. The molecule has 0 saturated heterocycles. The second kappa shape index (κ2) is 10.9. The van der Waals surface area contributed by atoms with Gasteiger partial charge in [-0.1, -0.05) is 109 Å². The van der Waals surface area contributed by atoms with Gasteiger partial charge in [-0.05, 0) is 65.2 Å². The molecule has 0 amide bonds. The number of benzene rings is 7. The maximum absolute atomic E-state index is 10.4. The first-order valence-corrected chi connectivity index (χ1v) is 15.9. The molecule has 48 heavy (non-hydrogen) atoms. The van der Waals surface area contributed by atoms with Gasteiger partial charge in [0.15, 0.2) is 0 Å². The molecule has 0 saturated carbocycles. The summed E-state index contributed by atoms with van der Waals surface area (Å²) in [6.07, 6.45) is 0. The van der Waals surface area contributed by atoms with Crippen LogP contribution < -0.4 is 0 Å². The molecule has 0 N–H and O–H groups in total. The Balaban J connectivity index is 1.14. The topological polar surface area (TPSA) is 57.4 Å². The fourth-order valence-electron chi connectivity index (χ4n) is 7.31. The van der Waals surface area contributed by atoms with Gasteiger partial charge in [0.1, 0.15) is 6.07 Å². The average Bonchev–Trinajstić information content (AvgIpc) is 3.68. The standard InChI is InChI=1S/C44H26N4/c45-27-32-10-9-19-43-44(32)37-14-4-8-18-42(37)47(43)38-25-24-31(26-33(38)28-46)29-20-22-30(23-21-29)34-11-1-5-15-39(34)48-40-16-6-2-12-35(40)36-13-3-7-17-41(36)48/h1-26H. The summed E-state index contributed by atoms with van der Waals surface area (Å²) in [4.78, 5) is 0. The number of rotatable bonds is 4. The van der Waals surface area contributed by atoms with Crippen molar-refractivity contribution in [1.82, 2.24) is 9.13 Å². The molecule has 0 bridgehead atoms. The number of nitrogens with zero attached hydrogens (tertiary/aromatic N) is 4. The fourth-order valence-corrected chi connectivity index (χ4v) is 7.31. The predicted molar refractivity (Wildman–Crippen MR) is 195 cm³/mol. The summed E-state index contributed by atoms with van der Waals surface area (Å²) in [5.41, 5.74) is 11.6. The SMILES string of the molecule is N#Cc1cc(-c2ccc(-c3ccccc3-n3c4ccccc4c4ccccc43)cc2)ccc1-n1c2ccccc2c2c(C#N)cccc21. The van der Waals surface area contributed by atoms with Gasteiger partial charge >= 0.3 is 0 Å². The van der Waals surface area contributed by atoms with E-state index in [1.807, 2.05) is 54.6 Å². The monoisotopic (exact) mass is 610 g/mol. The number of hydrogen-bond donors (Lipinski definition) is 0. The maximum atomic E-state index is 10.4. The van der Waals surface area contributed by atoms with Crippen molar-refractivity contribution in [3.05, 3.63) is 169 Å². The van der Waals surface area contributed by atoms with Crippen LogP contribution in [-0.4, -0.2) is 9.13 Å². The van der Waals surface area contributed by atoms with Crippen molar-refractivity contribution in [2.45, 2.75) is 0 Å². The number of aromatic nitrogens is 2. The van der Waals surface area contributed by atoms with Gasteiger partial charge in [0, 0.05) is 27.1 Å². The van der Waals surface area contributed by atoms with Crippen molar-refractivity contribution in [1.29, 1.82) is 10.5 Å². The molecule has 2 aromatic heterocycles. The number of nitriles is 2. The van der Waals surface area contributed by atoms with E-state index in [9.17, 15) is 10.5 Å². The molecule has 7 aromatic carbocycles. The minimum atomic E-state index is 0.568. The number of fused-ring (bicyclic) bond motifs is 6. The Hall–Kier alpha value is -6.88. The summed E-state index contributed by atoms with van der Waals surface area (Å²) in [6.45, 7) is 0. The molecule has 4 nitrogen and oxygen atoms in total. The summed E-state index contributed by atoms with van der Waals surface area (Å²) in [6, 6.07) is 59.0. The molecule has 0 radical (unpaired) electrons. The third kappa shape index (κ3) is 4.07. The Kier molecular flexibility index (Phi) is 6.22. The molecule has 9 aromatic rings. The van der Waals surface area contributed by atoms with E-state index in [-0.39, 0.29) is 0 Å². The predicted octanol–water partition coefficient (Wildman–Crippen LogP) is 11.0. The van der Waals surface area contributed by atoms with Crippen LogP contribution >= 0.6 is 0 Å². The van der Waals surface area contributed by atoms with E-state index in [4.69, 9.17) is 0 Å². The highest BCUT2D eigenvalue weighted by atomic mass is 15.0. The lowest BCUT2D eigenvalue weighted by Crippen LogP contribution is -1.98. The van der Waals surface area contributed by atoms with E-state index in [0.29, 0.717) is 11.1 Å². The maximum Gasteiger partial charge on any atom is 0.101 e. The third-order valence-corrected chi connectivity index (χ3v) is 9.43. The van der Waals surface area contributed by atoms with Crippen LogP contribution in [0, 0.1) is 22.7 Å². The number of hydrogen-bond acceptors (Lipinski definition) is 2. The van der Waals surface area contributed by atoms with Crippen molar-refractivity contribution in [3.8, 4) is 45.8 Å². The van der Waals surface area contributed by atoms with Crippen LogP contribution in [0.25, 0.3) is 77.2 Å². The molecule has 4 heteroatoms. The molecule has 0 atom stereocenters. The van der Waals surface area contributed by atoms with Crippen molar-refractivity contribution in [3.63, 3.8) is 0 Å². The highest BCUT2D eigenvalue weighted by Crippen LogP contribution is 2.38. The Morgan fingerprint density at radius 2 is 0.896 bits per heavy atom. The van der Waals surface area contributed by atoms with E-state index in [1.54, 1.807) is 0 Å². The molecule has 0 aliphatic carbocycles. The summed E-state index contributed by atoms with van der Waals surface area (Å²) >= 11 is 0. The summed E-state index contributed by atoms with van der Waals surface area (Å²) in [5.74, 6) is 0. The van der Waals surface area contributed by atoms with Crippen molar-refractivity contribution in [2.24, 2.45) is 0 Å². The van der Waals surface area contributed by atoms with Crippen molar-refractivity contribution < 1.29 is 0 Å². The fraction of sp³-hybridized carbons (Fsp3) is 0. The second-order valence-corrected chi connectivity index (χ2v) is 12.0. The third-order valence-electron chi connectivity index (χ3n) is 9.43. The van der Waals surface area contributed by atoms with Gasteiger partial charge in [-0.25, -0.2) is 0 Å². The molecule has 0 unspecified atom stereocenters. The van der Waals surface area contributed by atoms with Gasteiger partial charge in [0.25, 0.3) is 0 Å². The largest absolute Gasteiger partial charge is 0.309 e. The zero-order chi connectivity index (χ0) is 32.2. The molecule has 9 rings (SSSR count). The summed E-state index contributed by atoms with van der Waals surface area (Å²) in [5, 5.41) is 24.6. The van der Waals surface area contributed by atoms with E-state index in [1.165, 1.54) is 21.8 Å². The highest BCUT2D eigenvalue weighted by molar-refractivity contribution is 6.12. The first-order chi connectivity index (χ1) is 23.7. The number of para-hydroxylation sites is 4. The van der Waals surface area contributed by atoms with Crippen LogP contribution in [-0.2, 0) is 0 Å². The van der Waals surface area contributed by atoms with Gasteiger partial charge in [-0.2, -0.15) is 10.5 Å². The molecule has 222 valence electrons. The second-order valence-electron chi connectivity index (χ2n) is 12.0. The first kappa shape index (κ1) is 27.4. The summed E-state index contributed by atoms with van der Waals surface area (Å²) in [7, 11) is 0. The highest BCUT2D eigenvalue weighted by Gasteiger charge is 2.18. The minimum absolute atomic E-state index is 0.568. The van der Waals surface area contributed by atoms with Crippen LogP contribution in [0.4, 0.5) is 0 Å². The van der Waals surface area contributed by atoms with Crippen molar-refractivity contribution in [2.75, 3.05) is 0 Å². The van der Waals surface area contributed by atoms with Crippen LogP contribution in [0.3, 0.4) is 0 Å². The molecule has 0 aliphatic rings. The average molecular weight is 611 g/mol. The van der Waals surface area contributed by atoms with Gasteiger partial charge in [-0.15, -0.1) is 0 Å². The minimum Gasteiger partial charge on any atom is -0.309 e. The quantitative estimate of drug-likeness (QED) is 0.199. The lowest BCUT2D eigenvalue weighted by Gasteiger charge is -2.15. The Morgan fingerprint density at radius 1 is 0.375 bits per heavy atom. The van der Waals surface area contributed by atoms with Gasteiger partial charge in [0.05, 0.1) is 50.6 Å². The summed E-state index contributed by atoms with van der Waals surface area (Å²) < 4.78 is 4.46. The van der Waals surface area contributed by atoms with Crippen LogP contribution in [0.1, 0.15) is 11.1 Å². The Morgan fingerprint density at radius 3 is 1.58 bits per heavy atom. The molecule has 0 fully saturated rings. The van der Waals surface area contributed by atoms with E-state index < -0.39 is 0 Å². The molecule has 0 spiro atoms.